The van der Waals surface area contributed by atoms with Crippen molar-refractivity contribution in [3.8, 4) is 0 Å². The second kappa shape index (κ2) is 6.75. The van der Waals surface area contributed by atoms with E-state index in [0.29, 0.717) is 17.6 Å². The van der Waals surface area contributed by atoms with Gasteiger partial charge in [-0.3, -0.25) is 9.59 Å². The second-order valence-electron chi connectivity index (χ2n) is 5.69. The molecule has 0 saturated carbocycles. The number of Topliss-reactive ketones (excluding diaryl/α,β-unsaturated/α-hetero) is 2. The lowest BCUT2D eigenvalue weighted by atomic mass is 9.89. The van der Waals surface area contributed by atoms with E-state index in [0.717, 1.165) is 9.80 Å². The third-order valence-corrected chi connectivity index (χ3v) is 5.09. The third-order valence-electron chi connectivity index (χ3n) is 4.08. The molecule has 6 heteroatoms. The van der Waals surface area contributed by atoms with E-state index in [-0.39, 0.29) is 36.3 Å². The highest BCUT2D eigenvalue weighted by atomic mass is 32.2. The molecule has 1 N–H and O–H groups in total. The Morgan fingerprint density at radius 2 is 2.12 bits per heavy atom. The molecule has 0 saturated heterocycles. The van der Waals surface area contributed by atoms with Crippen molar-refractivity contribution in [1.29, 1.82) is 0 Å². The van der Waals surface area contributed by atoms with E-state index in [2.05, 4.69) is 0 Å². The van der Waals surface area contributed by atoms with Gasteiger partial charge in [-0.25, -0.2) is 4.79 Å². The lowest BCUT2D eigenvalue weighted by molar-refractivity contribution is -0.119. The van der Waals surface area contributed by atoms with Crippen LogP contribution in [0.15, 0.2) is 45.7 Å². The topological polar surface area (TPSA) is 80.7 Å². The number of allylic oxidation sites excluding steroid dienone is 2. The first kappa shape index (κ1) is 16.7. The highest BCUT2D eigenvalue weighted by Gasteiger charge is 2.26. The number of benzene rings is 1. The van der Waals surface area contributed by atoms with Gasteiger partial charge in [-0.2, -0.15) is 0 Å². The number of esters is 1. The number of carbonyl (C=O) groups is 3. The van der Waals surface area contributed by atoms with Gasteiger partial charge in [0.2, 0.25) is 5.78 Å². The Morgan fingerprint density at radius 1 is 1.33 bits per heavy atom. The molecule has 0 aromatic heterocycles. The average Bonchev–Trinajstić information content (AvgIpc) is 2.58. The Balaban J connectivity index is 1.84. The molecular weight excluding hydrogens is 328 g/mol. The Hall–Kier alpha value is -2.18. The molecule has 0 bridgehead atoms. The first-order valence-corrected chi connectivity index (χ1v) is 8.35. The fourth-order valence-corrected chi connectivity index (χ4v) is 3.77. The maximum absolute atomic E-state index is 11.9. The summed E-state index contributed by atoms with van der Waals surface area (Å²) in [5, 5.41) is 9.46. The molecule has 1 aromatic rings. The van der Waals surface area contributed by atoms with Crippen LogP contribution in [0.5, 0.6) is 0 Å². The molecular formula is C18H16O5S. The van der Waals surface area contributed by atoms with E-state index >= 15 is 0 Å². The van der Waals surface area contributed by atoms with Gasteiger partial charge in [0.25, 0.3) is 0 Å². The summed E-state index contributed by atoms with van der Waals surface area (Å²) in [5.41, 5.74) is 1.36. The quantitative estimate of drug-likeness (QED) is 0.846. The summed E-state index contributed by atoms with van der Waals surface area (Å²) in [4.78, 5) is 36.9. The van der Waals surface area contributed by atoms with Gasteiger partial charge in [-0.15, -0.1) is 0 Å². The molecule has 0 amide bonds. The Labute approximate surface area is 143 Å². The van der Waals surface area contributed by atoms with Gasteiger partial charge in [0.15, 0.2) is 6.61 Å². The van der Waals surface area contributed by atoms with Gasteiger partial charge >= 0.3 is 5.97 Å². The Bertz CT molecular complexity index is 791. The number of fused-ring (bicyclic) bond motifs is 1. The first-order chi connectivity index (χ1) is 11.5. The summed E-state index contributed by atoms with van der Waals surface area (Å²) < 4.78 is 4.79. The minimum atomic E-state index is -0.482. The van der Waals surface area contributed by atoms with Gasteiger partial charge in [-0.1, -0.05) is 17.8 Å². The summed E-state index contributed by atoms with van der Waals surface area (Å²) in [5.74, 6) is -0.926. The number of ketones is 2. The highest BCUT2D eigenvalue weighted by molar-refractivity contribution is 8.03. The first-order valence-electron chi connectivity index (χ1n) is 7.53. The van der Waals surface area contributed by atoms with Crippen LogP contribution in [0.1, 0.15) is 34.1 Å². The summed E-state index contributed by atoms with van der Waals surface area (Å²) in [7, 11) is 0. The van der Waals surface area contributed by atoms with E-state index < -0.39 is 5.97 Å². The van der Waals surface area contributed by atoms with Crippen LogP contribution in [0.4, 0.5) is 0 Å². The van der Waals surface area contributed by atoms with Crippen molar-refractivity contribution in [2.45, 2.75) is 18.2 Å². The van der Waals surface area contributed by atoms with Crippen LogP contribution < -0.4 is 0 Å². The minimum absolute atomic E-state index is 0.0356. The monoisotopic (exact) mass is 344 g/mol. The molecule has 2 aliphatic rings. The number of thioether (sulfide) groups is 1. The van der Waals surface area contributed by atoms with E-state index in [4.69, 9.17) is 4.74 Å². The van der Waals surface area contributed by atoms with Gasteiger partial charge in [-0.05, 0) is 43.2 Å². The van der Waals surface area contributed by atoms with Crippen LogP contribution in [-0.4, -0.2) is 35.9 Å². The summed E-state index contributed by atoms with van der Waals surface area (Å²) >= 11 is 1.43. The standard InChI is InChI=1S/C18H16O5S/c1-10(20)14-4-2-12(6-11(14)8-19)24-13-3-5-15-16(7-13)17(21)9-23-18(15)22/h2-3,5-7,14,19H,4,8-9H2,1H3. The van der Waals surface area contributed by atoms with Crippen LogP contribution in [0.2, 0.25) is 0 Å². The number of ether oxygens (including phenoxy) is 1. The molecule has 1 heterocycles. The number of aliphatic hydroxyl groups is 1. The molecule has 1 aliphatic carbocycles. The van der Waals surface area contributed by atoms with E-state index in [1.807, 2.05) is 12.2 Å². The van der Waals surface area contributed by atoms with Crippen LogP contribution in [0.25, 0.3) is 0 Å². The van der Waals surface area contributed by atoms with Crippen LogP contribution in [0.3, 0.4) is 0 Å². The number of carbonyl (C=O) groups excluding carboxylic acids is 3. The van der Waals surface area contributed by atoms with Crippen molar-refractivity contribution < 1.29 is 24.2 Å². The number of aliphatic hydroxyl groups excluding tert-OH is 1. The zero-order valence-corrected chi connectivity index (χ0v) is 13.9. The lowest BCUT2D eigenvalue weighted by Gasteiger charge is -2.20. The van der Waals surface area contributed by atoms with E-state index in [1.54, 1.807) is 18.2 Å². The maximum atomic E-state index is 11.9. The Kier molecular flexibility index (Phi) is 4.69. The molecule has 124 valence electrons. The predicted molar refractivity (Wildman–Crippen MR) is 89.0 cm³/mol. The van der Waals surface area contributed by atoms with Crippen molar-refractivity contribution in [2.75, 3.05) is 13.2 Å². The van der Waals surface area contributed by atoms with Gasteiger partial charge in [0.1, 0.15) is 5.78 Å². The molecule has 3 rings (SSSR count). The van der Waals surface area contributed by atoms with Gasteiger partial charge < -0.3 is 9.84 Å². The second-order valence-corrected chi connectivity index (χ2v) is 6.84. The molecule has 24 heavy (non-hydrogen) atoms. The van der Waals surface area contributed by atoms with E-state index in [1.165, 1.54) is 18.7 Å². The minimum Gasteiger partial charge on any atom is -0.454 e. The molecule has 1 aliphatic heterocycles. The normalized spacial score (nSPS) is 20.0. The fraction of sp³-hybridized carbons (Fsp3) is 0.278. The fourth-order valence-electron chi connectivity index (χ4n) is 2.80. The zero-order valence-electron chi connectivity index (χ0n) is 13.1. The maximum Gasteiger partial charge on any atom is 0.339 e. The summed E-state index contributed by atoms with van der Waals surface area (Å²) in [6.07, 6.45) is 4.32. The number of rotatable bonds is 4. The molecule has 5 nitrogen and oxygen atoms in total. The van der Waals surface area contributed by atoms with Crippen molar-refractivity contribution in [3.05, 3.63) is 52.0 Å². The van der Waals surface area contributed by atoms with Crippen molar-refractivity contribution in [1.82, 2.24) is 0 Å². The largest absolute Gasteiger partial charge is 0.454 e. The highest BCUT2D eigenvalue weighted by Crippen LogP contribution is 2.35. The van der Waals surface area contributed by atoms with Crippen molar-refractivity contribution >= 4 is 29.3 Å². The van der Waals surface area contributed by atoms with Gasteiger partial charge in [0, 0.05) is 21.3 Å². The number of hydrogen-bond acceptors (Lipinski definition) is 6. The Morgan fingerprint density at radius 3 is 2.83 bits per heavy atom. The van der Waals surface area contributed by atoms with Crippen LogP contribution in [0, 0.1) is 5.92 Å². The van der Waals surface area contributed by atoms with Crippen molar-refractivity contribution in [2.24, 2.45) is 5.92 Å². The van der Waals surface area contributed by atoms with Crippen LogP contribution >= 0.6 is 11.8 Å². The summed E-state index contributed by atoms with van der Waals surface area (Å²) in [6.45, 7) is 1.14. The van der Waals surface area contributed by atoms with Crippen LogP contribution in [-0.2, 0) is 9.53 Å². The lowest BCUT2D eigenvalue weighted by Crippen LogP contribution is -2.23. The average molecular weight is 344 g/mol. The molecule has 1 unspecified atom stereocenters. The zero-order chi connectivity index (χ0) is 17.3. The third kappa shape index (κ3) is 3.20. The molecule has 0 radical (unpaired) electrons. The summed E-state index contributed by atoms with van der Waals surface area (Å²) in [6, 6.07) is 5.04. The molecule has 0 spiro atoms. The predicted octanol–water partition coefficient (Wildman–Crippen LogP) is 2.54. The van der Waals surface area contributed by atoms with E-state index in [9.17, 15) is 19.5 Å². The van der Waals surface area contributed by atoms with Gasteiger partial charge in [0.05, 0.1) is 12.2 Å². The number of hydrogen-bond donors (Lipinski definition) is 1. The number of cyclic esters (lactones) is 1. The molecule has 1 atom stereocenters. The smallest absolute Gasteiger partial charge is 0.339 e. The SMILES string of the molecule is CC(=O)C1CC=C(Sc2ccc3c(c2)C(=O)COC3=O)C=C1CO. The molecule has 1 aromatic carbocycles. The van der Waals surface area contributed by atoms with Crippen molar-refractivity contribution in [3.63, 3.8) is 0 Å². The molecule has 0 fully saturated rings.